The quantitative estimate of drug-likeness (QED) is 0.0552. The molecule has 0 aliphatic heterocycles. The summed E-state index contributed by atoms with van der Waals surface area (Å²) in [6.07, 6.45) is 14.6. The predicted molar refractivity (Wildman–Crippen MR) is 147 cm³/mol. The Balaban J connectivity index is 2.47. The molecule has 1 aromatic rings. The maximum absolute atomic E-state index is 12.6. The minimum Gasteiger partial charge on any atom is -0.455 e. The molecule has 0 aromatic heterocycles. The lowest BCUT2D eigenvalue weighted by Gasteiger charge is -2.27. The van der Waals surface area contributed by atoms with E-state index in [0.29, 0.717) is 12.0 Å². The molecule has 2 atom stereocenters. The molecular formula is C27H42Cl2N2O6. The van der Waals surface area contributed by atoms with E-state index in [1.807, 2.05) is 0 Å². The van der Waals surface area contributed by atoms with Crippen LogP contribution in [-0.2, 0) is 14.3 Å². The van der Waals surface area contributed by atoms with Gasteiger partial charge in [-0.2, -0.15) is 0 Å². The Morgan fingerprint density at radius 2 is 1.41 bits per heavy atom. The smallest absolute Gasteiger partial charge is 0.306 e. The van der Waals surface area contributed by atoms with Crippen molar-refractivity contribution in [3.05, 3.63) is 39.9 Å². The van der Waals surface area contributed by atoms with Gasteiger partial charge in [-0.25, -0.2) is 0 Å². The van der Waals surface area contributed by atoms with Gasteiger partial charge in [0.15, 0.2) is 4.84 Å². The molecule has 8 nitrogen and oxygen atoms in total. The zero-order chi connectivity index (χ0) is 27.5. The van der Waals surface area contributed by atoms with Crippen LogP contribution in [0.15, 0.2) is 24.3 Å². The molecule has 0 saturated heterocycles. The Morgan fingerprint density at radius 3 is 1.84 bits per heavy atom. The van der Waals surface area contributed by atoms with Gasteiger partial charge in [-0.05, 0) is 24.1 Å². The fraction of sp³-hybridized carbons (Fsp3) is 0.704. The zero-order valence-electron chi connectivity index (χ0n) is 21.8. The fourth-order valence-electron chi connectivity index (χ4n) is 4.12. The summed E-state index contributed by atoms with van der Waals surface area (Å²) in [6.45, 7) is 1.68. The Morgan fingerprint density at radius 1 is 0.919 bits per heavy atom. The summed E-state index contributed by atoms with van der Waals surface area (Å²) >= 11 is 11.2. The van der Waals surface area contributed by atoms with Gasteiger partial charge >= 0.3 is 5.97 Å². The molecule has 0 heterocycles. The first-order valence-corrected chi connectivity index (χ1v) is 14.3. The van der Waals surface area contributed by atoms with Crippen molar-refractivity contribution in [2.45, 2.75) is 114 Å². The highest BCUT2D eigenvalue weighted by Crippen LogP contribution is 2.25. The summed E-state index contributed by atoms with van der Waals surface area (Å²) in [5, 5.41) is 23.3. The number of nitro groups is 1. The van der Waals surface area contributed by atoms with Gasteiger partial charge < -0.3 is 15.2 Å². The minimum atomic E-state index is -1.37. The van der Waals surface area contributed by atoms with E-state index >= 15 is 0 Å². The van der Waals surface area contributed by atoms with Gasteiger partial charge in [-0.3, -0.25) is 19.7 Å². The number of carbonyl (C=O) groups is 2. The third kappa shape index (κ3) is 14.6. The van der Waals surface area contributed by atoms with Crippen LogP contribution in [0.3, 0.4) is 0 Å². The maximum atomic E-state index is 12.6. The Kier molecular flexibility index (Phi) is 18.0. The first-order valence-electron chi connectivity index (χ1n) is 13.4. The van der Waals surface area contributed by atoms with Crippen LogP contribution < -0.4 is 5.32 Å². The first kappa shape index (κ1) is 33.1. The van der Waals surface area contributed by atoms with Crippen molar-refractivity contribution >= 4 is 40.8 Å². The number of aliphatic hydroxyl groups is 1. The average Bonchev–Trinajstić information content (AvgIpc) is 2.88. The predicted octanol–water partition coefficient (Wildman–Crippen LogP) is 6.94. The third-order valence-corrected chi connectivity index (χ3v) is 6.66. The molecule has 210 valence electrons. The summed E-state index contributed by atoms with van der Waals surface area (Å²) in [6, 6.07) is 4.36. The van der Waals surface area contributed by atoms with Gasteiger partial charge in [-0.15, -0.1) is 0 Å². The second-order valence-corrected chi connectivity index (χ2v) is 10.4. The number of ether oxygens (including phenoxy) is 1. The van der Waals surface area contributed by atoms with E-state index < -0.39 is 40.4 Å². The minimum absolute atomic E-state index is 0.132. The molecule has 0 saturated carbocycles. The molecule has 0 aliphatic rings. The van der Waals surface area contributed by atoms with Gasteiger partial charge in [0, 0.05) is 18.6 Å². The highest BCUT2D eigenvalue weighted by atomic mass is 35.5. The van der Waals surface area contributed by atoms with E-state index in [1.165, 1.54) is 82.1 Å². The lowest BCUT2D eigenvalue weighted by Crippen LogP contribution is -2.45. The van der Waals surface area contributed by atoms with Crippen molar-refractivity contribution < 1.29 is 24.4 Å². The highest BCUT2D eigenvalue weighted by Gasteiger charge is 2.30. The number of nitro benzene ring substituents is 1. The van der Waals surface area contributed by atoms with Gasteiger partial charge in [0.25, 0.3) is 11.6 Å². The molecule has 0 aliphatic carbocycles. The molecule has 2 N–H and O–H groups in total. The van der Waals surface area contributed by atoms with E-state index in [9.17, 15) is 24.8 Å². The number of benzene rings is 1. The van der Waals surface area contributed by atoms with Crippen LogP contribution in [0.2, 0.25) is 0 Å². The number of rotatable bonds is 21. The van der Waals surface area contributed by atoms with Crippen LogP contribution in [0.5, 0.6) is 0 Å². The Hall–Kier alpha value is -1.90. The van der Waals surface area contributed by atoms with Crippen LogP contribution in [0.25, 0.3) is 0 Å². The first-order chi connectivity index (χ1) is 17.8. The summed E-state index contributed by atoms with van der Waals surface area (Å²) < 4.78 is 5.61. The molecule has 0 radical (unpaired) electrons. The van der Waals surface area contributed by atoms with Crippen LogP contribution in [0.1, 0.15) is 108 Å². The number of amides is 1. The number of hydrogen-bond donors (Lipinski definition) is 2. The summed E-state index contributed by atoms with van der Waals surface area (Å²) in [5.41, 5.74) is 0.260. The number of esters is 1. The van der Waals surface area contributed by atoms with Crippen molar-refractivity contribution in [2.24, 2.45) is 0 Å². The highest BCUT2D eigenvalue weighted by molar-refractivity contribution is 6.53. The van der Waals surface area contributed by atoms with E-state index in [0.717, 1.165) is 19.3 Å². The van der Waals surface area contributed by atoms with Crippen LogP contribution >= 0.6 is 23.2 Å². The van der Waals surface area contributed by atoms with Crippen molar-refractivity contribution in [2.75, 3.05) is 6.61 Å². The van der Waals surface area contributed by atoms with Crippen molar-refractivity contribution in [1.82, 2.24) is 5.32 Å². The lowest BCUT2D eigenvalue weighted by atomic mass is 10.0. The van der Waals surface area contributed by atoms with E-state index in [2.05, 4.69) is 12.2 Å². The standard InChI is InChI=1S/C27H42Cl2N2O6/c1-2-3-4-5-6-7-8-9-10-11-12-13-14-15-24(33)37-25(23(20-32)30-27(34)26(28)29)21-16-18-22(19-17-21)31(35)36/h16-19,23,25-26,32H,2-15,20H2,1H3,(H,30,34)/t23-,25-/m1/s1. The van der Waals surface area contributed by atoms with Gasteiger partial charge in [0.1, 0.15) is 6.10 Å². The number of unbranched alkanes of at least 4 members (excludes halogenated alkanes) is 12. The largest absolute Gasteiger partial charge is 0.455 e. The second-order valence-electron chi connectivity index (χ2n) is 9.35. The second kappa shape index (κ2) is 20.1. The van der Waals surface area contributed by atoms with Crippen LogP contribution in [0.4, 0.5) is 5.69 Å². The number of carbonyl (C=O) groups excluding carboxylic acids is 2. The summed E-state index contributed by atoms with van der Waals surface area (Å²) in [5.74, 6) is -1.23. The lowest BCUT2D eigenvalue weighted by molar-refractivity contribution is -0.384. The Bertz CT molecular complexity index is 792. The number of aliphatic hydroxyl groups excluding tert-OH is 1. The number of alkyl halides is 2. The summed E-state index contributed by atoms with van der Waals surface area (Å²) in [4.78, 5) is 33.6. The third-order valence-electron chi connectivity index (χ3n) is 6.26. The topological polar surface area (TPSA) is 119 Å². The molecule has 0 unspecified atom stereocenters. The maximum Gasteiger partial charge on any atom is 0.306 e. The number of halogens is 2. The molecule has 1 aromatic carbocycles. The molecule has 1 rings (SSSR count). The molecule has 0 bridgehead atoms. The molecule has 0 fully saturated rings. The van der Waals surface area contributed by atoms with Crippen LogP contribution in [0, 0.1) is 10.1 Å². The molecule has 37 heavy (non-hydrogen) atoms. The van der Waals surface area contributed by atoms with Crippen molar-refractivity contribution in [3.8, 4) is 0 Å². The van der Waals surface area contributed by atoms with Crippen molar-refractivity contribution in [3.63, 3.8) is 0 Å². The van der Waals surface area contributed by atoms with Crippen LogP contribution in [-0.4, -0.2) is 39.4 Å². The van der Waals surface area contributed by atoms with E-state index in [4.69, 9.17) is 27.9 Å². The summed E-state index contributed by atoms with van der Waals surface area (Å²) in [7, 11) is 0. The van der Waals surface area contributed by atoms with Gasteiger partial charge in [-0.1, -0.05) is 107 Å². The zero-order valence-corrected chi connectivity index (χ0v) is 23.4. The Labute approximate surface area is 230 Å². The molecular weight excluding hydrogens is 519 g/mol. The number of non-ortho nitro benzene ring substituents is 1. The number of nitrogens with zero attached hydrogens (tertiary/aromatic N) is 1. The average molecular weight is 562 g/mol. The van der Waals surface area contributed by atoms with Gasteiger partial charge in [0.2, 0.25) is 0 Å². The van der Waals surface area contributed by atoms with E-state index in [1.54, 1.807) is 0 Å². The van der Waals surface area contributed by atoms with Crippen molar-refractivity contribution in [1.29, 1.82) is 0 Å². The van der Waals surface area contributed by atoms with Gasteiger partial charge in [0.05, 0.1) is 17.6 Å². The van der Waals surface area contributed by atoms with E-state index in [-0.39, 0.29) is 12.1 Å². The number of hydrogen-bond acceptors (Lipinski definition) is 6. The molecule has 1 amide bonds. The normalized spacial score (nSPS) is 12.8. The molecule has 10 heteroatoms. The monoisotopic (exact) mass is 560 g/mol. The fourth-order valence-corrected chi connectivity index (χ4v) is 4.24. The SMILES string of the molecule is CCCCCCCCCCCCCCCC(=O)O[C@H](c1ccc([N+](=O)[O-])cc1)[C@@H](CO)NC(=O)C(Cl)Cl. The number of nitrogens with one attached hydrogen (secondary N) is 1. The molecule has 0 spiro atoms.